The van der Waals surface area contributed by atoms with Crippen LogP contribution in [0.2, 0.25) is 0 Å². The van der Waals surface area contributed by atoms with Gasteiger partial charge < -0.3 is 20.9 Å². The van der Waals surface area contributed by atoms with E-state index in [0.717, 1.165) is 0 Å². The van der Waals surface area contributed by atoms with Crippen LogP contribution in [-0.4, -0.2) is 42.1 Å². The summed E-state index contributed by atoms with van der Waals surface area (Å²) in [5.41, 5.74) is 4.88. The summed E-state index contributed by atoms with van der Waals surface area (Å²) in [6, 6.07) is -1.11. The molecule has 4 N–H and O–H groups in total. The molecule has 0 aliphatic carbocycles. The second-order valence-corrected chi connectivity index (χ2v) is 3.10. The molecule has 0 aromatic carbocycles. The van der Waals surface area contributed by atoms with Crippen molar-refractivity contribution in [3.63, 3.8) is 0 Å². The van der Waals surface area contributed by atoms with Gasteiger partial charge >= 0.3 is 5.97 Å². The molecule has 0 spiro atoms. The third kappa shape index (κ3) is 6.77. The van der Waals surface area contributed by atoms with Gasteiger partial charge in [0.1, 0.15) is 12.6 Å². The highest BCUT2D eigenvalue weighted by Gasteiger charge is 2.20. The first-order valence-electron chi connectivity index (χ1n) is 4.85. The number of nitrogens with one attached hydrogen (secondary N) is 1. The van der Waals surface area contributed by atoms with Crippen LogP contribution in [0.4, 0.5) is 0 Å². The number of hydrogen-bond acceptors (Lipinski definition) is 4. The van der Waals surface area contributed by atoms with E-state index in [1.165, 1.54) is 0 Å². The summed E-state index contributed by atoms with van der Waals surface area (Å²) in [6.45, 7) is 1.89. The van der Waals surface area contributed by atoms with Gasteiger partial charge in [0.05, 0.1) is 0 Å². The van der Waals surface area contributed by atoms with Crippen LogP contribution in [0.25, 0.3) is 0 Å². The van der Waals surface area contributed by atoms with E-state index in [2.05, 4.69) is 5.32 Å². The summed E-state index contributed by atoms with van der Waals surface area (Å²) in [4.78, 5) is 32.3. The van der Waals surface area contributed by atoms with E-state index in [0.29, 0.717) is 6.61 Å². The molecule has 16 heavy (non-hydrogen) atoms. The predicted molar refractivity (Wildman–Crippen MR) is 54.5 cm³/mol. The Morgan fingerprint density at radius 3 is 2.50 bits per heavy atom. The molecular formula is C9H16N2O5. The van der Waals surface area contributed by atoms with Crippen LogP contribution in [0.15, 0.2) is 0 Å². The number of rotatable bonds is 8. The van der Waals surface area contributed by atoms with Gasteiger partial charge in [-0.1, -0.05) is 0 Å². The standard InChI is InChI=1S/C9H16N2O5/c1-2-16-5-8(13)11-6(9(14)15)3-4-7(10)12/h6H,2-5H2,1H3,(H2,10,12)(H,11,13)(H,14,15). The summed E-state index contributed by atoms with van der Waals surface area (Å²) in [6.07, 6.45) is -0.117. The van der Waals surface area contributed by atoms with E-state index < -0.39 is 23.8 Å². The molecule has 1 unspecified atom stereocenters. The number of carbonyl (C=O) groups excluding carboxylic acids is 2. The Kier molecular flexibility index (Phi) is 6.86. The Morgan fingerprint density at radius 2 is 2.06 bits per heavy atom. The number of hydrogen-bond donors (Lipinski definition) is 3. The number of ether oxygens (including phenoxy) is 1. The second-order valence-electron chi connectivity index (χ2n) is 3.10. The first kappa shape index (κ1) is 14.4. The van der Waals surface area contributed by atoms with Gasteiger partial charge in [0.25, 0.3) is 0 Å². The normalized spacial score (nSPS) is 11.8. The molecule has 0 aliphatic heterocycles. The number of amides is 2. The SMILES string of the molecule is CCOCC(=O)NC(CCC(N)=O)C(=O)O. The molecule has 0 radical (unpaired) electrons. The van der Waals surface area contributed by atoms with Gasteiger partial charge in [-0.25, -0.2) is 4.79 Å². The molecule has 7 nitrogen and oxygen atoms in total. The number of carbonyl (C=O) groups is 3. The maximum Gasteiger partial charge on any atom is 0.326 e. The lowest BCUT2D eigenvalue weighted by molar-refractivity contribution is -0.142. The summed E-state index contributed by atoms with van der Waals surface area (Å²) < 4.78 is 4.80. The number of primary amides is 1. The fraction of sp³-hybridized carbons (Fsp3) is 0.667. The average molecular weight is 232 g/mol. The van der Waals surface area contributed by atoms with Crippen molar-refractivity contribution in [1.82, 2.24) is 5.32 Å². The maximum absolute atomic E-state index is 11.1. The second kappa shape index (κ2) is 7.63. The first-order valence-corrected chi connectivity index (χ1v) is 4.85. The number of aliphatic carboxylic acids is 1. The van der Waals surface area contributed by atoms with Gasteiger partial charge in [-0.05, 0) is 13.3 Å². The number of carboxylic acid groups (broad SMARTS) is 1. The minimum atomic E-state index is -1.20. The molecule has 0 aromatic rings. The molecule has 0 saturated carbocycles. The fourth-order valence-corrected chi connectivity index (χ4v) is 0.975. The summed E-state index contributed by atoms with van der Waals surface area (Å²) >= 11 is 0. The highest BCUT2D eigenvalue weighted by molar-refractivity contribution is 5.84. The highest BCUT2D eigenvalue weighted by atomic mass is 16.5. The smallest absolute Gasteiger partial charge is 0.326 e. The van der Waals surface area contributed by atoms with Crippen molar-refractivity contribution < 1.29 is 24.2 Å². The van der Waals surface area contributed by atoms with Gasteiger partial charge in [-0.2, -0.15) is 0 Å². The third-order valence-corrected chi connectivity index (χ3v) is 1.75. The zero-order chi connectivity index (χ0) is 12.6. The van der Waals surface area contributed by atoms with Crippen molar-refractivity contribution in [3.05, 3.63) is 0 Å². The van der Waals surface area contributed by atoms with Crippen molar-refractivity contribution in [3.8, 4) is 0 Å². The van der Waals surface area contributed by atoms with Gasteiger partial charge in [-0.15, -0.1) is 0 Å². The molecule has 1 atom stereocenters. The van der Waals surface area contributed by atoms with Gasteiger partial charge in [0.15, 0.2) is 0 Å². The zero-order valence-electron chi connectivity index (χ0n) is 9.06. The molecule has 2 amide bonds. The Hall–Kier alpha value is -1.63. The minimum Gasteiger partial charge on any atom is -0.480 e. The number of carboxylic acids is 1. The average Bonchev–Trinajstić information content (AvgIpc) is 2.20. The molecule has 0 bridgehead atoms. The van der Waals surface area contributed by atoms with Crippen LogP contribution in [0.1, 0.15) is 19.8 Å². The van der Waals surface area contributed by atoms with E-state index in [1.807, 2.05) is 0 Å². The Bertz CT molecular complexity index is 267. The molecule has 0 aromatic heterocycles. The zero-order valence-corrected chi connectivity index (χ0v) is 9.06. The lowest BCUT2D eigenvalue weighted by Crippen LogP contribution is -2.43. The number of nitrogens with two attached hydrogens (primary N) is 1. The molecule has 0 rings (SSSR count). The van der Waals surface area contributed by atoms with Crippen molar-refractivity contribution >= 4 is 17.8 Å². The topological polar surface area (TPSA) is 119 Å². The first-order chi connectivity index (χ1) is 7.47. The molecule has 0 heterocycles. The van der Waals surface area contributed by atoms with Crippen molar-refractivity contribution in [2.75, 3.05) is 13.2 Å². The van der Waals surface area contributed by atoms with Crippen LogP contribution >= 0.6 is 0 Å². The molecule has 0 aliphatic rings. The van der Waals surface area contributed by atoms with Gasteiger partial charge in [0.2, 0.25) is 11.8 Å². The fourth-order valence-electron chi connectivity index (χ4n) is 0.975. The van der Waals surface area contributed by atoms with E-state index in [-0.39, 0.29) is 19.4 Å². The van der Waals surface area contributed by atoms with E-state index >= 15 is 0 Å². The maximum atomic E-state index is 11.1. The van der Waals surface area contributed by atoms with Crippen LogP contribution in [0, 0.1) is 0 Å². The quantitative estimate of drug-likeness (QED) is 0.488. The van der Waals surface area contributed by atoms with Gasteiger partial charge in [0, 0.05) is 13.0 Å². The highest BCUT2D eigenvalue weighted by Crippen LogP contribution is 1.97. The molecule has 92 valence electrons. The van der Waals surface area contributed by atoms with Crippen molar-refractivity contribution in [2.45, 2.75) is 25.8 Å². The predicted octanol–water partition coefficient (Wildman–Crippen LogP) is -1.14. The monoisotopic (exact) mass is 232 g/mol. The van der Waals surface area contributed by atoms with Gasteiger partial charge in [-0.3, -0.25) is 9.59 Å². The molecular weight excluding hydrogens is 216 g/mol. The minimum absolute atomic E-state index is 0.0253. The van der Waals surface area contributed by atoms with Crippen LogP contribution in [-0.2, 0) is 19.1 Å². The third-order valence-electron chi connectivity index (χ3n) is 1.75. The molecule has 7 heteroatoms. The summed E-state index contributed by atoms with van der Waals surface area (Å²) in [7, 11) is 0. The summed E-state index contributed by atoms with van der Waals surface area (Å²) in [5, 5.41) is 11.0. The molecule has 0 fully saturated rings. The lowest BCUT2D eigenvalue weighted by Gasteiger charge is -2.13. The van der Waals surface area contributed by atoms with E-state index in [4.69, 9.17) is 15.6 Å². The summed E-state index contributed by atoms with van der Waals surface area (Å²) in [5.74, 6) is -2.34. The van der Waals surface area contributed by atoms with Crippen molar-refractivity contribution in [1.29, 1.82) is 0 Å². The van der Waals surface area contributed by atoms with E-state index in [9.17, 15) is 14.4 Å². The Balaban J connectivity index is 4.07. The largest absolute Gasteiger partial charge is 0.480 e. The Labute approximate surface area is 92.9 Å². The van der Waals surface area contributed by atoms with Crippen molar-refractivity contribution in [2.24, 2.45) is 5.73 Å². The molecule has 0 saturated heterocycles. The van der Waals surface area contributed by atoms with Crippen LogP contribution in [0.3, 0.4) is 0 Å². The van der Waals surface area contributed by atoms with Crippen LogP contribution < -0.4 is 11.1 Å². The lowest BCUT2D eigenvalue weighted by atomic mass is 10.1. The Morgan fingerprint density at radius 1 is 1.44 bits per heavy atom. The van der Waals surface area contributed by atoms with E-state index in [1.54, 1.807) is 6.92 Å². The van der Waals surface area contributed by atoms with Crippen LogP contribution in [0.5, 0.6) is 0 Å².